The molecule has 11 atom stereocenters. The minimum Gasteiger partial charge on any atom is -0.481 e. The molecule has 2 aliphatic rings. The molecular formula is C73H117N13O19S. The molecule has 106 heavy (non-hydrogen) atoms. The van der Waals surface area contributed by atoms with Crippen LogP contribution in [0.1, 0.15) is 170 Å². The molecule has 594 valence electrons. The summed E-state index contributed by atoms with van der Waals surface area (Å²) < 4.78 is 45.9. The third-order valence-corrected chi connectivity index (χ3v) is 20.9. The number of primary amides is 1. The van der Waals surface area contributed by atoms with Crippen LogP contribution < -0.4 is 57.9 Å². The summed E-state index contributed by atoms with van der Waals surface area (Å²) in [5.41, 5.74) is 9.07. The maximum atomic E-state index is 14.6. The molecule has 2 aromatic carbocycles. The highest BCUT2D eigenvalue weighted by Crippen LogP contribution is 2.31. The Kier molecular flexibility index (Phi) is 37.8. The monoisotopic (exact) mass is 1510 g/mol. The summed E-state index contributed by atoms with van der Waals surface area (Å²) in [6.45, 7) is 17.3. The van der Waals surface area contributed by atoms with Crippen molar-refractivity contribution in [2.24, 2.45) is 35.3 Å². The summed E-state index contributed by atoms with van der Waals surface area (Å²) in [7, 11) is 4.18. The summed E-state index contributed by atoms with van der Waals surface area (Å²) in [5.74, 6) is -7.27. The molecule has 0 aromatic heterocycles. The van der Waals surface area contributed by atoms with Crippen molar-refractivity contribution in [3.05, 3.63) is 59.7 Å². The van der Waals surface area contributed by atoms with Crippen molar-refractivity contribution in [1.82, 2.24) is 56.8 Å². The number of urea groups is 1. The summed E-state index contributed by atoms with van der Waals surface area (Å²) in [6, 6.07) is 5.82. The number of unbranched alkanes of at least 4 members (excludes halogenated alkanes) is 2. The first-order valence-corrected chi connectivity index (χ1v) is 38.2. The van der Waals surface area contributed by atoms with Crippen LogP contribution in [0.3, 0.4) is 0 Å². The normalized spacial score (nSPS) is 16.5. The van der Waals surface area contributed by atoms with Gasteiger partial charge < -0.3 is 72.1 Å². The van der Waals surface area contributed by atoms with Gasteiger partial charge in [0, 0.05) is 72.3 Å². The van der Waals surface area contributed by atoms with Gasteiger partial charge in [-0.15, -0.1) is 0 Å². The summed E-state index contributed by atoms with van der Waals surface area (Å²) in [6.07, 6.45) is 1.54. The molecule has 1 saturated carbocycles. The predicted molar refractivity (Wildman–Crippen MR) is 395 cm³/mol. The molecule has 2 unspecified atom stereocenters. The highest BCUT2D eigenvalue weighted by Gasteiger charge is 2.45. The molecule has 0 bridgehead atoms. The standard InChI is InChI=1S/C73H117N13O19S/c1-15-46(8)64(85(12)71(97)62(44(4)5)81-70(96)63(45(6)7)84(10)11)56(102-13)41-59(89)86-39-21-23-55(86)65(103-14)47(9)66(92)79-54(68(94)83-106(100,101)52-35-36-52)40-48-29-33-51(34-30-48)105-73(99)76-37-18-16-17-24-58(88)82-104-42-49-27-31-50(32-28-49)77-67(93)53(22-20-38-75-72(74)98)78-69(95)61(43(2)3)80-57(87)25-19-26-60(90)91/h27-34,43-47,52-56,61-65H,15-26,35-42H2,1-14H3,(H,76,99)(H,77,93)(H,78,95)(H,79,92)(H,80,87)(H,81,96)(H,82,88)(H,83,94)(H,90,91)(H3,74,75,98)/t46-,47+,53-,54-,55-,56+,61?,62-,63?,64-,65+/m0/s1. The molecule has 12 N–H and O–H groups in total. The highest BCUT2D eigenvalue weighted by molar-refractivity contribution is 7.91. The van der Waals surface area contributed by atoms with Gasteiger partial charge in [0.15, 0.2) is 0 Å². The zero-order chi connectivity index (χ0) is 79.1. The number of carbonyl (C=O) groups excluding carboxylic acids is 11. The third-order valence-electron chi connectivity index (χ3n) is 19.0. The van der Waals surface area contributed by atoms with Crippen molar-refractivity contribution < 1.29 is 90.1 Å². The topological polar surface area (TPSA) is 440 Å². The van der Waals surface area contributed by atoms with E-state index in [1.807, 2.05) is 60.5 Å². The van der Waals surface area contributed by atoms with Crippen LogP contribution in [0, 0.1) is 29.6 Å². The van der Waals surface area contributed by atoms with E-state index in [4.69, 9.17) is 29.9 Å². The van der Waals surface area contributed by atoms with E-state index in [1.54, 1.807) is 74.0 Å². The fourth-order valence-corrected chi connectivity index (χ4v) is 14.2. The molecule has 0 spiro atoms. The molecule has 32 nitrogen and oxygen atoms in total. The molecule has 1 aliphatic carbocycles. The molecule has 1 saturated heterocycles. The number of likely N-dealkylation sites (N-methyl/N-ethyl adjacent to an activating group) is 2. The number of nitrogens with zero attached hydrogens (tertiary/aromatic N) is 3. The van der Waals surface area contributed by atoms with Gasteiger partial charge in [-0.05, 0) is 131 Å². The average Bonchev–Trinajstić information content (AvgIpc) is 1.32. The molecule has 33 heteroatoms. The van der Waals surface area contributed by atoms with E-state index in [-0.39, 0.29) is 124 Å². The van der Waals surface area contributed by atoms with Crippen molar-refractivity contribution in [3.63, 3.8) is 0 Å². The molecule has 0 radical (unpaired) electrons. The van der Waals surface area contributed by atoms with E-state index in [1.165, 1.54) is 26.4 Å². The maximum absolute atomic E-state index is 14.6. The lowest BCUT2D eigenvalue weighted by Gasteiger charge is -2.41. The van der Waals surface area contributed by atoms with Gasteiger partial charge >= 0.3 is 18.1 Å². The SMILES string of the molecule is CC[C@H](C)[C@@H]([C@@H](CC(=O)N1CCC[C@H]1[C@H](OC)[C@@H](C)C(=O)N[C@@H](Cc1ccc(OC(=O)NCCCCCC(=O)NOCc2ccc(NC(=O)[C@H](CCCNC(N)=O)NC(=O)C(NC(=O)CCCC(=O)O)C(C)C)cc2)cc1)C(=O)NS(=O)(=O)C1CC1)OC)N(C)C(=O)[C@@H](NC(=O)C(C(C)C)N(C)C)C(C)C. The largest absolute Gasteiger partial charge is 0.481 e. The molecule has 12 amide bonds. The number of anilines is 1. The number of hydrogen-bond acceptors (Lipinski definition) is 19. The van der Waals surface area contributed by atoms with Crippen molar-refractivity contribution in [1.29, 1.82) is 0 Å². The number of methoxy groups -OCH3 is 2. The summed E-state index contributed by atoms with van der Waals surface area (Å²) in [4.78, 5) is 168. The van der Waals surface area contributed by atoms with Crippen LogP contribution in [0.2, 0.25) is 0 Å². The van der Waals surface area contributed by atoms with E-state index in [2.05, 4.69) is 47.4 Å². The second kappa shape index (κ2) is 44.6. The van der Waals surface area contributed by atoms with E-state index in [9.17, 15) is 66.0 Å². The minimum atomic E-state index is -4.05. The van der Waals surface area contributed by atoms with E-state index >= 15 is 0 Å². The Balaban J connectivity index is 1.28. The van der Waals surface area contributed by atoms with Gasteiger partial charge in [-0.2, -0.15) is 0 Å². The number of hydroxylamine groups is 1. The van der Waals surface area contributed by atoms with Gasteiger partial charge in [-0.3, -0.25) is 62.4 Å². The second-order valence-electron chi connectivity index (χ2n) is 28.7. The number of benzene rings is 2. The zero-order valence-electron chi connectivity index (χ0n) is 64.0. The van der Waals surface area contributed by atoms with E-state index in [0.29, 0.717) is 74.7 Å². The lowest BCUT2D eigenvalue weighted by Crippen LogP contribution is -2.59. The predicted octanol–water partition coefficient (Wildman–Crippen LogP) is 4.13. The van der Waals surface area contributed by atoms with Crippen LogP contribution in [0.25, 0.3) is 0 Å². The van der Waals surface area contributed by atoms with Crippen molar-refractivity contribution in [2.75, 3.05) is 60.3 Å². The Hall–Kier alpha value is -8.53. The number of carboxylic acids is 1. The van der Waals surface area contributed by atoms with Crippen LogP contribution in [-0.2, 0) is 85.3 Å². The van der Waals surface area contributed by atoms with Crippen LogP contribution in [0.4, 0.5) is 15.3 Å². The maximum Gasteiger partial charge on any atom is 0.412 e. The molecule has 1 aliphatic heterocycles. The van der Waals surface area contributed by atoms with Gasteiger partial charge in [-0.1, -0.05) is 99.4 Å². The Morgan fingerprint density at radius 3 is 1.85 bits per heavy atom. The molecule has 2 aromatic rings. The number of carboxylic acid groups (broad SMARTS) is 1. The molecule has 1 heterocycles. The van der Waals surface area contributed by atoms with Gasteiger partial charge in [0.1, 0.15) is 29.9 Å². The first-order valence-electron chi connectivity index (χ1n) is 36.7. The number of hydrogen-bond donors (Lipinski definition) is 11. The minimum absolute atomic E-state index is 0.0173. The first-order chi connectivity index (χ1) is 50.0. The third kappa shape index (κ3) is 29.7. The quantitative estimate of drug-likeness (QED) is 0.0328. The number of nitrogens with one attached hydrogen (secondary N) is 9. The van der Waals surface area contributed by atoms with Crippen molar-refractivity contribution in [3.8, 4) is 5.75 Å². The molecular weight excluding hydrogens is 1390 g/mol. The van der Waals surface area contributed by atoms with Crippen LogP contribution in [0.15, 0.2) is 48.5 Å². The van der Waals surface area contributed by atoms with Gasteiger partial charge in [0.25, 0.3) is 5.91 Å². The number of sulfonamides is 1. The number of ether oxygens (including phenoxy) is 3. The number of nitrogens with two attached hydrogens (primary N) is 1. The smallest absolute Gasteiger partial charge is 0.412 e. The second-order valence-corrected chi connectivity index (χ2v) is 30.7. The molecule has 2 fully saturated rings. The van der Waals surface area contributed by atoms with Gasteiger partial charge in [0.05, 0.1) is 54.5 Å². The van der Waals surface area contributed by atoms with Gasteiger partial charge in [-0.25, -0.2) is 23.5 Å². The van der Waals surface area contributed by atoms with E-state index in [0.717, 1.165) is 0 Å². The van der Waals surface area contributed by atoms with Crippen molar-refractivity contribution >= 4 is 87.0 Å². The highest BCUT2D eigenvalue weighted by atomic mass is 32.2. The first kappa shape index (κ1) is 89.9. The Morgan fingerprint density at radius 2 is 1.27 bits per heavy atom. The van der Waals surface area contributed by atoms with Crippen LogP contribution in [0.5, 0.6) is 5.75 Å². The number of rotatable bonds is 47. The zero-order valence-corrected chi connectivity index (χ0v) is 64.9. The Labute approximate surface area is 623 Å². The average molecular weight is 1510 g/mol. The van der Waals surface area contributed by atoms with Crippen molar-refractivity contribution in [2.45, 2.75) is 231 Å². The van der Waals surface area contributed by atoms with Gasteiger partial charge in [0.2, 0.25) is 57.3 Å². The Bertz CT molecular complexity index is 3350. The van der Waals surface area contributed by atoms with Crippen LogP contribution >= 0.6 is 0 Å². The number of carbonyl (C=O) groups is 12. The lowest BCUT2D eigenvalue weighted by atomic mass is 9.89. The Morgan fingerprint density at radius 1 is 0.651 bits per heavy atom. The lowest BCUT2D eigenvalue weighted by molar-refractivity contribution is -0.148. The molecule has 4 rings (SSSR count). The number of aliphatic carboxylic acids is 1. The summed E-state index contributed by atoms with van der Waals surface area (Å²) >= 11 is 0. The van der Waals surface area contributed by atoms with E-state index < -0.39 is 123 Å². The fourth-order valence-electron chi connectivity index (χ4n) is 12.8. The number of likely N-dealkylation sites (tertiary alicyclic amines) is 1. The van der Waals surface area contributed by atoms with Crippen LogP contribution in [-0.4, -0.2) is 214 Å². The summed E-state index contributed by atoms with van der Waals surface area (Å²) in [5, 5.41) is 27.1. The fraction of sp³-hybridized carbons (Fsp3) is 0.671. The number of amides is 12.